The highest BCUT2D eigenvalue weighted by molar-refractivity contribution is 6.24. The predicted octanol–water partition coefficient (Wildman–Crippen LogP) is 1.04. The lowest BCUT2D eigenvalue weighted by molar-refractivity contribution is -0.153. The summed E-state index contributed by atoms with van der Waals surface area (Å²) in [7, 11) is 6.78. The Balaban J connectivity index is 1.68. The molecule has 216 valence electrons. The molecule has 1 heterocycles. The molecule has 3 aliphatic rings. The van der Waals surface area contributed by atoms with Crippen molar-refractivity contribution in [3.05, 3.63) is 64.2 Å². The Morgan fingerprint density at radius 3 is 2.49 bits per heavy atom. The van der Waals surface area contributed by atoms with Crippen LogP contribution in [0.15, 0.2) is 47.5 Å². The van der Waals surface area contributed by atoms with Gasteiger partial charge in [-0.05, 0) is 56.6 Å². The van der Waals surface area contributed by atoms with E-state index in [9.17, 15) is 34.8 Å². The van der Waals surface area contributed by atoms with Crippen molar-refractivity contribution in [2.45, 2.75) is 31.0 Å². The molecule has 2 aromatic rings. The highest BCUT2D eigenvalue weighted by Gasteiger charge is 2.64. The number of aliphatic hydroxyl groups excluding tert-OH is 2. The molecule has 0 radical (unpaired) electrons. The number of aliphatic hydroxyl groups is 3. The van der Waals surface area contributed by atoms with Crippen LogP contribution in [0.1, 0.15) is 23.1 Å². The van der Waals surface area contributed by atoms with Crippen LogP contribution in [0.5, 0.6) is 5.75 Å². The molecule has 0 bridgehead atoms. The van der Waals surface area contributed by atoms with Crippen LogP contribution in [-0.4, -0.2) is 87.6 Å². The molecule has 1 aromatic carbocycles. The van der Waals surface area contributed by atoms with Crippen LogP contribution in [0.4, 0.5) is 11.4 Å². The number of nitrogens with two attached hydrogens (primary N) is 1. The van der Waals surface area contributed by atoms with E-state index in [-0.39, 0.29) is 36.3 Å². The second-order valence-electron chi connectivity index (χ2n) is 11.2. The topological polar surface area (TPSA) is 190 Å². The lowest BCUT2D eigenvalue weighted by Crippen LogP contribution is -2.65. The predicted molar refractivity (Wildman–Crippen MR) is 150 cm³/mol. The number of nitrogens with zero attached hydrogens (tertiary/aromatic N) is 3. The van der Waals surface area contributed by atoms with E-state index in [1.54, 1.807) is 38.6 Å². The number of aromatic nitrogens is 1. The number of aromatic hydroxyl groups is 1. The lowest BCUT2D eigenvalue weighted by atomic mass is 9.57. The summed E-state index contributed by atoms with van der Waals surface area (Å²) in [4.78, 5) is 46.8. The number of carbonyl (C=O) groups is 3. The number of phenolic OH excluding ortho intramolecular Hbond substituents is 1. The summed E-state index contributed by atoms with van der Waals surface area (Å²) in [6.45, 7) is 0.176. The molecule has 3 aliphatic carbocycles. The number of phenols is 1. The molecule has 0 aliphatic heterocycles. The van der Waals surface area contributed by atoms with Crippen molar-refractivity contribution in [2.75, 3.05) is 38.4 Å². The first-order valence-electron chi connectivity index (χ1n) is 13.1. The number of hydrogen-bond acceptors (Lipinski definition) is 11. The standard InChI is InChI=1S/C29H33N5O7/c1-33(2)18-10-14(11-32-15-6-5-7-31-12-15)23(35)20-16(18)8-13-9-17-22(34(3)4)25(37)21(28(30)40)27(39)29(17,41)26(38)19(13)24(20)36/h5-7,10,12-13,17,22,32,35-36,39,41H,8-9,11H2,1-4H3,(H2,30,40)/t13-,17-,22?,29+/m1/s1. The molecule has 12 heteroatoms. The molecule has 1 unspecified atom stereocenters. The van der Waals surface area contributed by atoms with Gasteiger partial charge in [-0.25, -0.2) is 0 Å². The molecular weight excluding hydrogens is 530 g/mol. The fourth-order valence-corrected chi connectivity index (χ4v) is 6.54. The van der Waals surface area contributed by atoms with Crippen LogP contribution in [0, 0.1) is 11.8 Å². The van der Waals surface area contributed by atoms with E-state index < -0.39 is 58.0 Å². The van der Waals surface area contributed by atoms with Crippen molar-refractivity contribution < 1.29 is 34.8 Å². The van der Waals surface area contributed by atoms with E-state index >= 15 is 0 Å². The quantitative estimate of drug-likeness (QED) is 0.275. The summed E-state index contributed by atoms with van der Waals surface area (Å²) in [5.41, 5.74) is 4.20. The number of likely N-dealkylation sites (N-methyl/N-ethyl adjacent to an activating group) is 1. The summed E-state index contributed by atoms with van der Waals surface area (Å²) in [5, 5.41) is 48.9. The number of rotatable bonds is 6. The van der Waals surface area contributed by atoms with Gasteiger partial charge in [-0.2, -0.15) is 0 Å². The van der Waals surface area contributed by atoms with Crippen molar-refractivity contribution in [1.82, 2.24) is 9.88 Å². The molecule has 0 saturated heterocycles. The van der Waals surface area contributed by atoms with Crippen LogP contribution in [0.2, 0.25) is 0 Å². The van der Waals surface area contributed by atoms with Gasteiger partial charge in [0.05, 0.1) is 17.3 Å². The smallest absolute Gasteiger partial charge is 0.255 e. The second-order valence-corrected chi connectivity index (χ2v) is 11.2. The summed E-state index contributed by atoms with van der Waals surface area (Å²) in [6.07, 6.45) is 3.50. The molecule has 1 fully saturated rings. The monoisotopic (exact) mass is 563 g/mol. The number of carbonyl (C=O) groups excluding carboxylic acids is 3. The van der Waals surface area contributed by atoms with Gasteiger partial charge in [0, 0.05) is 55.8 Å². The number of benzene rings is 1. The Hall–Kier alpha value is -4.42. The number of ketones is 2. The van der Waals surface area contributed by atoms with E-state index in [0.717, 1.165) is 0 Å². The normalized spacial score (nSPS) is 25.6. The first kappa shape index (κ1) is 28.1. The SMILES string of the molecule is CN(C)c1cc(CNc2cccnc2)c(O)c2c1C[C@@H]1C[C@@H]3C(N(C)C)C(=O)C(C(N)=O)=C(O)[C@@]3(O)C(=O)C1=C2O. The lowest BCUT2D eigenvalue weighted by Gasteiger charge is -2.50. The third kappa shape index (κ3) is 4.13. The van der Waals surface area contributed by atoms with Gasteiger partial charge in [-0.15, -0.1) is 0 Å². The minimum absolute atomic E-state index is 0.0315. The molecule has 1 aromatic heterocycles. The molecule has 1 amide bonds. The van der Waals surface area contributed by atoms with E-state index in [2.05, 4.69) is 10.3 Å². The second kappa shape index (κ2) is 9.89. The maximum atomic E-state index is 14.1. The Morgan fingerprint density at radius 1 is 1.20 bits per heavy atom. The number of anilines is 2. The largest absolute Gasteiger partial charge is 0.508 e. The first-order valence-corrected chi connectivity index (χ1v) is 13.1. The molecular formula is C29H33N5O7. The highest BCUT2D eigenvalue weighted by Crippen LogP contribution is 2.54. The highest BCUT2D eigenvalue weighted by atomic mass is 16.3. The summed E-state index contributed by atoms with van der Waals surface area (Å²) in [6, 6.07) is 4.25. The number of primary amides is 1. The third-order valence-electron chi connectivity index (χ3n) is 8.40. The average Bonchev–Trinajstić information content (AvgIpc) is 2.90. The molecule has 4 atom stereocenters. The van der Waals surface area contributed by atoms with Crippen LogP contribution in [0.25, 0.3) is 5.76 Å². The zero-order valence-electron chi connectivity index (χ0n) is 23.2. The number of fused-ring (bicyclic) bond motifs is 3. The third-order valence-corrected chi connectivity index (χ3v) is 8.40. The molecule has 0 spiro atoms. The fraction of sp³-hybridized carbons (Fsp3) is 0.379. The zero-order valence-corrected chi connectivity index (χ0v) is 23.2. The Bertz CT molecular complexity index is 1530. The summed E-state index contributed by atoms with van der Waals surface area (Å²) in [5.74, 6) is -6.74. The van der Waals surface area contributed by atoms with Gasteiger partial charge >= 0.3 is 0 Å². The van der Waals surface area contributed by atoms with Gasteiger partial charge in [0.15, 0.2) is 11.4 Å². The van der Waals surface area contributed by atoms with E-state index in [0.29, 0.717) is 22.5 Å². The van der Waals surface area contributed by atoms with Crippen LogP contribution < -0.4 is 16.0 Å². The van der Waals surface area contributed by atoms with Crippen molar-refractivity contribution in [3.8, 4) is 5.75 Å². The van der Waals surface area contributed by atoms with E-state index in [1.165, 1.54) is 4.90 Å². The molecule has 12 nitrogen and oxygen atoms in total. The summed E-state index contributed by atoms with van der Waals surface area (Å²) < 4.78 is 0. The average molecular weight is 564 g/mol. The van der Waals surface area contributed by atoms with Crippen LogP contribution in [-0.2, 0) is 27.3 Å². The Morgan fingerprint density at radius 2 is 1.90 bits per heavy atom. The van der Waals surface area contributed by atoms with Crippen LogP contribution >= 0.6 is 0 Å². The van der Waals surface area contributed by atoms with Gasteiger partial charge in [0.1, 0.15) is 22.8 Å². The number of nitrogens with one attached hydrogen (secondary N) is 1. The van der Waals surface area contributed by atoms with Crippen molar-refractivity contribution in [2.24, 2.45) is 17.6 Å². The van der Waals surface area contributed by atoms with Gasteiger partial charge in [-0.3, -0.25) is 24.3 Å². The fourth-order valence-electron chi connectivity index (χ4n) is 6.54. The first-order chi connectivity index (χ1) is 19.3. The minimum Gasteiger partial charge on any atom is -0.508 e. The van der Waals surface area contributed by atoms with Gasteiger partial charge < -0.3 is 36.4 Å². The van der Waals surface area contributed by atoms with E-state index in [1.807, 2.05) is 25.1 Å². The van der Waals surface area contributed by atoms with Crippen molar-refractivity contribution in [3.63, 3.8) is 0 Å². The maximum Gasteiger partial charge on any atom is 0.255 e. The molecule has 1 saturated carbocycles. The van der Waals surface area contributed by atoms with E-state index in [4.69, 9.17) is 5.73 Å². The molecule has 5 rings (SSSR count). The Labute approximate surface area is 236 Å². The minimum atomic E-state index is -2.68. The van der Waals surface area contributed by atoms with Gasteiger partial charge in [0.2, 0.25) is 5.78 Å². The zero-order chi connectivity index (χ0) is 30.0. The summed E-state index contributed by atoms with van der Waals surface area (Å²) >= 11 is 0. The molecule has 7 N–H and O–H groups in total. The maximum absolute atomic E-state index is 14.1. The van der Waals surface area contributed by atoms with Gasteiger partial charge in [-0.1, -0.05) is 0 Å². The van der Waals surface area contributed by atoms with Crippen molar-refractivity contribution in [1.29, 1.82) is 0 Å². The number of amides is 1. The number of hydrogen-bond donors (Lipinski definition) is 6. The Kier molecular flexibility index (Phi) is 6.79. The van der Waals surface area contributed by atoms with Crippen molar-refractivity contribution >= 4 is 34.6 Å². The number of Topliss-reactive ketones (excluding diaryl/α,β-unsaturated/α-hetero) is 2. The number of pyridine rings is 1. The van der Waals surface area contributed by atoms with Crippen LogP contribution in [0.3, 0.4) is 0 Å². The molecule has 41 heavy (non-hydrogen) atoms. The van der Waals surface area contributed by atoms with Gasteiger partial charge in [0.25, 0.3) is 5.91 Å².